The van der Waals surface area contributed by atoms with Crippen molar-refractivity contribution in [2.75, 3.05) is 11.5 Å². The van der Waals surface area contributed by atoms with Crippen LogP contribution < -0.4 is 5.32 Å². The largest absolute Gasteiger partial charge is 0.351 e. The molecule has 1 aliphatic rings. The Kier molecular flexibility index (Phi) is 3.18. The predicted octanol–water partition coefficient (Wildman–Crippen LogP) is -0.0830. The average molecular weight is 226 g/mol. The van der Waals surface area contributed by atoms with E-state index in [0.717, 1.165) is 0 Å². The van der Waals surface area contributed by atoms with Crippen LogP contribution in [0.1, 0.15) is 13.3 Å². The summed E-state index contributed by atoms with van der Waals surface area (Å²) in [4.78, 5) is 11.1. The minimum absolute atomic E-state index is 0.0440. The molecule has 0 radical (unpaired) electrons. The fraction of sp³-hybridized carbons (Fsp3) is 0.857. The molecule has 0 aromatic rings. The molecule has 13 heavy (non-hydrogen) atoms. The van der Waals surface area contributed by atoms with Crippen LogP contribution in [-0.4, -0.2) is 37.2 Å². The summed E-state index contributed by atoms with van der Waals surface area (Å²) in [6.45, 7) is 1.56. The smallest absolute Gasteiger partial charge is 0.238 e. The Hall–Kier alpha value is -0.290. The van der Waals surface area contributed by atoms with Gasteiger partial charge >= 0.3 is 0 Å². The quantitative estimate of drug-likeness (QED) is 0.669. The van der Waals surface area contributed by atoms with Crippen molar-refractivity contribution in [3.63, 3.8) is 0 Å². The summed E-state index contributed by atoms with van der Waals surface area (Å²) in [7, 11) is -2.92. The van der Waals surface area contributed by atoms with E-state index in [-0.39, 0.29) is 23.5 Å². The standard InChI is InChI=1S/C7H12ClNO3S/c1-5(8)7(10)9-6-2-3-13(11,12)4-6/h5-6H,2-4H2,1H3,(H,9,10)/t5-,6+/m1/s1. The molecule has 1 fully saturated rings. The van der Waals surface area contributed by atoms with Crippen molar-refractivity contribution in [3.05, 3.63) is 0 Å². The van der Waals surface area contributed by atoms with Crippen LogP contribution in [0.4, 0.5) is 0 Å². The highest BCUT2D eigenvalue weighted by Gasteiger charge is 2.29. The molecule has 6 heteroatoms. The summed E-state index contributed by atoms with van der Waals surface area (Å²) in [5.41, 5.74) is 0. The number of carbonyl (C=O) groups excluding carboxylic acids is 1. The first-order valence-corrected chi connectivity index (χ1v) is 6.31. The lowest BCUT2D eigenvalue weighted by molar-refractivity contribution is -0.121. The molecule has 2 atom stereocenters. The van der Waals surface area contributed by atoms with Gasteiger partial charge in [0.25, 0.3) is 0 Å². The van der Waals surface area contributed by atoms with Crippen molar-refractivity contribution >= 4 is 27.3 Å². The Labute approximate surface area is 82.6 Å². The van der Waals surface area contributed by atoms with E-state index in [2.05, 4.69) is 5.32 Å². The monoisotopic (exact) mass is 225 g/mol. The maximum absolute atomic E-state index is 11.1. The van der Waals surface area contributed by atoms with Gasteiger partial charge in [0, 0.05) is 6.04 Å². The molecule has 1 aliphatic heterocycles. The Morgan fingerprint density at radius 3 is 2.62 bits per heavy atom. The van der Waals surface area contributed by atoms with Gasteiger partial charge in [-0.2, -0.15) is 0 Å². The molecule has 1 amide bonds. The first-order valence-electron chi connectivity index (χ1n) is 4.05. The van der Waals surface area contributed by atoms with Crippen molar-refractivity contribution in [2.45, 2.75) is 24.8 Å². The summed E-state index contributed by atoms with van der Waals surface area (Å²) in [6, 6.07) is -0.251. The zero-order valence-corrected chi connectivity index (χ0v) is 8.86. The lowest BCUT2D eigenvalue weighted by atomic mass is 10.2. The highest BCUT2D eigenvalue weighted by Crippen LogP contribution is 2.11. The van der Waals surface area contributed by atoms with Gasteiger partial charge in [0.1, 0.15) is 5.38 Å². The molecule has 0 spiro atoms. The van der Waals surface area contributed by atoms with Crippen molar-refractivity contribution < 1.29 is 13.2 Å². The average Bonchev–Trinajstić information content (AvgIpc) is 2.30. The van der Waals surface area contributed by atoms with Gasteiger partial charge in [0.2, 0.25) is 5.91 Å². The number of sulfone groups is 1. The lowest BCUT2D eigenvalue weighted by Gasteiger charge is -2.11. The highest BCUT2D eigenvalue weighted by molar-refractivity contribution is 7.91. The van der Waals surface area contributed by atoms with E-state index in [4.69, 9.17) is 11.6 Å². The molecular weight excluding hydrogens is 214 g/mol. The van der Waals surface area contributed by atoms with Gasteiger partial charge in [-0.1, -0.05) is 0 Å². The van der Waals surface area contributed by atoms with E-state index in [9.17, 15) is 13.2 Å². The topological polar surface area (TPSA) is 63.2 Å². The van der Waals surface area contributed by atoms with Gasteiger partial charge in [-0.05, 0) is 13.3 Å². The zero-order chi connectivity index (χ0) is 10.1. The van der Waals surface area contributed by atoms with Crippen molar-refractivity contribution in [3.8, 4) is 0 Å². The van der Waals surface area contributed by atoms with Crippen LogP contribution in [-0.2, 0) is 14.6 Å². The second-order valence-electron chi connectivity index (χ2n) is 3.22. The van der Waals surface area contributed by atoms with E-state index < -0.39 is 15.2 Å². The predicted molar refractivity (Wildman–Crippen MR) is 50.5 cm³/mol. The van der Waals surface area contributed by atoms with E-state index in [1.165, 1.54) is 0 Å². The number of hydrogen-bond donors (Lipinski definition) is 1. The molecule has 0 aliphatic carbocycles. The Balaban J connectivity index is 2.46. The third kappa shape index (κ3) is 3.15. The normalized spacial score (nSPS) is 28.3. The maximum Gasteiger partial charge on any atom is 0.238 e. The molecule has 1 heterocycles. The Morgan fingerprint density at radius 1 is 1.62 bits per heavy atom. The van der Waals surface area contributed by atoms with E-state index in [1.54, 1.807) is 6.92 Å². The molecule has 1 N–H and O–H groups in total. The van der Waals surface area contributed by atoms with Crippen LogP contribution >= 0.6 is 11.6 Å². The first-order chi connectivity index (χ1) is 5.91. The number of halogens is 1. The molecule has 0 bridgehead atoms. The number of amides is 1. The number of alkyl halides is 1. The Morgan fingerprint density at radius 2 is 2.23 bits per heavy atom. The van der Waals surface area contributed by atoms with Gasteiger partial charge in [0.15, 0.2) is 9.84 Å². The Bertz CT molecular complexity index is 299. The molecule has 0 aromatic carbocycles. The van der Waals surface area contributed by atoms with Gasteiger partial charge in [-0.25, -0.2) is 8.42 Å². The van der Waals surface area contributed by atoms with Crippen LogP contribution in [0.2, 0.25) is 0 Å². The van der Waals surface area contributed by atoms with Crippen LogP contribution in [0.3, 0.4) is 0 Å². The zero-order valence-electron chi connectivity index (χ0n) is 7.29. The first kappa shape index (κ1) is 10.8. The molecule has 1 rings (SSSR count). The molecule has 1 saturated heterocycles. The van der Waals surface area contributed by atoms with Crippen molar-refractivity contribution in [2.24, 2.45) is 0 Å². The SMILES string of the molecule is C[C@@H](Cl)C(=O)N[C@H]1CCS(=O)(=O)C1. The van der Waals surface area contributed by atoms with Crippen molar-refractivity contribution in [1.29, 1.82) is 0 Å². The second-order valence-corrected chi connectivity index (χ2v) is 6.11. The lowest BCUT2D eigenvalue weighted by Crippen LogP contribution is -2.39. The van der Waals surface area contributed by atoms with Gasteiger partial charge < -0.3 is 5.32 Å². The van der Waals surface area contributed by atoms with Crippen LogP contribution in [0.5, 0.6) is 0 Å². The molecule has 76 valence electrons. The summed E-state index contributed by atoms with van der Waals surface area (Å²) in [6.07, 6.45) is 0.498. The third-order valence-corrected chi connectivity index (χ3v) is 3.91. The highest BCUT2D eigenvalue weighted by atomic mass is 35.5. The van der Waals surface area contributed by atoms with Gasteiger partial charge in [-0.3, -0.25) is 4.79 Å². The number of hydrogen-bond acceptors (Lipinski definition) is 3. The number of carbonyl (C=O) groups is 1. The molecule has 4 nitrogen and oxygen atoms in total. The van der Waals surface area contributed by atoms with Crippen LogP contribution in [0.15, 0.2) is 0 Å². The fourth-order valence-electron chi connectivity index (χ4n) is 1.22. The van der Waals surface area contributed by atoms with Crippen molar-refractivity contribution in [1.82, 2.24) is 5.32 Å². The molecule has 0 aromatic heterocycles. The molecule has 0 saturated carbocycles. The van der Waals surface area contributed by atoms with E-state index >= 15 is 0 Å². The summed E-state index contributed by atoms with van der Waals surface area (Å²) in [5.74, 6) is -0.0967. The third-order valence-electron chi connectivity index (χ3n) is 1.94. The molecule has 0 unspecified atom stereocenters. The molecular formula is C7H12ClNO3S. The van der Waals surface area contributed by atoms with Crippen LogP contribution in [0.25, 0.3) is 0 Å². The van der Waals surface area contributed by atoms with Gasteiger partial charge in [-0.15, -0.1) is 11.6 Å². The number of rotatable bonds is 2. The van der Waals surface area contributed by atoms with Crippen LogP contribution in [0, 0.1) is 0 Å². The maximum atomic E-state index is 11.1. The summed E-state index contributed by atoms with van der Waals surface area (Å²) < 4.78 is 22.0. The fourth-order valence-corrected chi connectivity index (χ4v) is 2.96. The van der Waals surface area contributed by atoms with E-state index in [1.807, 2.05) is 0 Å². The minimum Gasteiger partial charge on any atom is -0.351 e. The summed E-state index contributed by atoms with van der Waals surface area (Å²) in [5, 5.41) is 1.98. The number of nitrogens with one attached hydrogen (secondary N) is 1. The second kappa shape index (κ2) is 3.84. The van der Waals surface area contributed by atoms with Gasteiger partial charge in [0.05, 0.1) is 11.5 Å². The van der Waals surface area contributed by atoms with E-state index in [0.29, 0.717) is 6.42 Å². The minimum atomic E-state index is -2.92. The summed E-state index contributed by atoms with van der Waals surface area (Å²) >= 11 is 5.52.